The Morgan fingerprint density at radius 2 is 1.88 bits per heavy atom. The molecule has 0 aromatic rings. The van der Waals surface area contributed by atoms with Crippen LogP contribution in [0.4, 0.5) is 0 Å². The molecule has 4 nitrogen and oxygen atoms in total. The first-order valence-corrected chi connectivity index (χ1v) is 6.20. The van der Waals surface area contributed by atoms with Gasteiger partial charge in [0.25, 0.3) is 0 Å². The number of nitrogens with zero attached hydrogens (tertiary/aromatic N) is 1. The van der Waals surface area contributed by atoms with Crippen molar-refractivity contribution >= 4 is 11.9 Å². The van der Waals surface area contributed by atoms with Gasteiger partial charge in [0.05, 0.1) is 0 Å². The topological polar surface area (TPSA) is 57.6 Å². The Hall–Kier alpha value is -1.06. The third kappa shape index (κ3) is 5.14. The summed E-state index contributed by atoms with van der Waals surface area (Å²) in [5.41, 5.74) is 0. The highest BCUT2D eigenvalue weighted by Crippen LogP contribution is 2.12. The first-order chi connectivity index (χ1) is 7.70. The van der Waals surface area contributed by atoms with Crippen molar-refractivity contribution in [2.75, 3.05) is 13.1 Å². The second-order valence-electron chi connectivity index (χ2n) is 4.40. The number of aliphatic carboxylic acids is 1. The molecular weight excluding hydrogens is 206 g/mol. The third-order valence-corrected chi connectivity index (χ3v) is 2.99. The summed E-state index contributed by atoms with van der Waals surface area (Å²) in [4.78, 5) is 23.5. The Morgan fingerprint density at radius 1 is 1.19 bits per heavy atom. The fraction of sp³-hybridized carbons (Fsp3) is 0.833. The molecule has 0 bridgehead atoms. The van der Waals surface area contributed by atoms with E-state index in [0.29, 0.717) is 5.91 Å². The Kier molecular flexibility index (Phi) is 5.90. The van der Waals surface area contributed by atoms with E-state index in [9.17, 15) is 9.59 Å². The van der Waals surface area contributed by atoms with Crippen LogP contribution in [0.5, 0.6) is 0 Å². The van der Waals surface area contributed by atoms with Crippen molar-refractivity contribution in [1.82, 2.24) is 4.90 Å². The van der Waals surface area contributed by atoms with Gasteiger partial charge in [-0.3, -0.25) is 9.59 Å². The van der Waals surface area contributed by atoms with Gasteiger partial charge in [-0.15, -0.1) is 0 Å². The van der Waals surface area contributed by atoms with E-state index in [1.54, 1.807) is 0 Å². The minimum atomic E-state index is -0.706. The maximum atomic E-state index is 11.3. The Labute approximate surface area is 96.6 Å². The van der Waals surface area contributed by atoms with E-state index < -0.39 is 5.97 Å². The number of carbonyl (C=O) groups is 2. The Morgan fingerprint density at radius 3 is 2.50 bits per heavy atom. The molecule has 0 aromatic heterocycles. The Balaban J connectivity index is 1.88. The van der Waals surface area contributed by atoms with E-state index >= 15 is 0 Å². The lowest BCUT2D eigenvalue weighted by molar-refractivity contribution is -0.137. The van der Waals surface area contributed by atoms with Gasteiger partial charge >= 0.3 is 5.97 Å². The lowest BCUT2D eigenvalue weighted by atomic mass is 10.1. The maximum Gasteiger partial charge on any atom is 0.303 e. The molecule has 1 saturated heterocycles. The minimum absolute atomic E-state index is 0.282. The maximum absolute atomic E-state index is 11.3. The van der Waals surface area contributed by atoms with Gasteiger partial charge in [0.1, 0.15) is 0 Å². The van der Waals surface area contributed by atoms with Crippen LogP contribution in [0.2, 0.25) is 0 Å². The van der Waals surface area contributed by atoms with Gasteiger partial charge in [0, 0.05) is 25.9 Å². The third-order valence-electron chi connectivity index (χ3n) is 2.99. The number of carboxylic acids is 1. The van der Waals surface area contributed by atoms with Crippen molar-refractivity contribution in [2.24, 2.45) is 0 Å². The average Bonchev–Trinajstić information content (AvgIpc) is 2.62. The monoisotopic (exact) mass is 227 g/mol. The smallest absolute Gasteiger partial charge is 0.303 e. The van der Waals surface area contributed by atoms with E-state index in [0.717, 1.165) is 58.0 Å². The second kappa shape index (κ2) is 7.25. The zero-order valence-electron chi connectivity index (χ0n) is 9.78. The lowest BCUT2D eigenvalue weighted by Crippen LogP contribution is -2.25. The van der Waals surface area contributed by atoms with Gasteiger partial charge in [-0.1, -0.05) is 19.3 Å². The molecule has 0 aliphatic carbocycles. The number of rotatable bonds is 8. The van der Waals surface area contributed by atoms with Crippen molar-refractivity contribution < 1.29 is 14.7 Å². The van der Waals surface area contributed by atoms with Crippen LogP contribution in [0, 0.1) is 0 Å². The molecule has 0 unspecified atom stereocenters. The summed E-state index contributed by atoms with van der Waals surface area (Å²) < 4.78 is 0. The summed E-state index contributed by atoms with van der Waals surface area (Å²) in [7, 11) is 0. The zero-order valence-corrected chi connectivity index (χ0v) is 9.78. The first kappa shape index (κ1) is 13.0. The minimum Gasteiger partial charge on any atom is -0.481 e. The molecule has 0 saturated carbocycles. The van der Waals surface area contributed by atoms with Gasteiger partial charge in [0.15, 0.2) is 0 Å². The predicted molar refractivity (Wildman–Crippen MR) is 61.2 cm³/mol. The predicted octanol–water partition coefficient (Wildman–Crippen LogP) is 2.03. The quantitative estimate of drug-likeness (QED) is 0.645. The van der Waals surface area contributed by atoms with Gasteiger partial charge in [0.2, 0.25) is 5.91 Å². The highest BCUT2D eigenvalue weighted by atomic mass is 16.4. The normalized spacial score (nSPS) is 15.8. The summed E-state index contributed by atoms with van der Waals surface area (Å²) in [6.45, 7) is 1.82. The summed E-state index contributed by atoms with van der Waals surface area (Å²) in [6, 6.07) is 0. The number of unbranched alkanes of at least 4 members (excludes halogenated alkanes) is 4. The molecule has 0 aromatic carbocycles. The van der Waals surface area contributed by atoms with E-state index in [-0.39, 0.29) is 6.42 Å². The summed E-state index contributed by atoms with van der Waals surface area (Å²) in [5.74, 6) is -0.409. The highest BCUT2D eigenvalue weighted by Gasteiger charge is 2.18. The molecule has 1 aliphatic heterocycles. The second-order valence-corrected chi connectivity index (χ2v) is 4.40. The molecule has 4 heteroatoms. The van der Waals surface area contributed by atoms with Crippen molar-refractivity contribution in [3.8, 4) is 0 Å². The number of carbonyl (C=O) groups excluding carboxylic acids is 1. The van der Waals surface area contributed by atoms with Crippen LogP contribution in [-0.4, -0.2) is 35.0 Å². The standard InChI is InChI=1S/C12H21NO3/c14-11-7-6-10-13(11)9-5-3-1-2-4-8-12(15)16/h1-10H2,(H,15,16). The fourth-order valence-electron chi connectivity index (χ4n) is 2.05. The molecule has 1 amide bonds. The lowest BCUT2D eigenvalue weighted by Gasteiger charge is -2.14. The van der Waals surface area contributed by atoms with Crippen LogP contribution in [0.1, 0.15) is 51.4 Å². The molecule has 0 atom stereocenters. The SMILES string of the molecule is O=C(O)CCCCCCCN1CCCC1=O. The van der Waals surface area contributed by atoms with E-state index in [1.165, 1.54) is 0 Å². The molecule has 16 heavy (non-hydrogen) atoms. The van der Waals surface area contributed by atoms with Crippen LogP contribution in [0.3, 0.4) is 0 Å². The van der Waals surface area contributed by atoms with Crippen molar-refractivity contribution in [2.45, 2.75) is 51.4 Å². The summed E-state index contributed by atoms with van der Waals surface area (Å²) in [6.07, 6.45) is 7.01. The van der Waals surface area contributed by atoms with Crippen LogP contribution in [0.15, 0.2) is 0 Å². The van der Waals surface area contributed by atoms with Gasteiger partial charge < -0.3 is 10.0 Å². The number of hydrogen-bond acceptors (Lipinski definition) is 2. The molecule has 1 fully saturated rings. The fourth-order valence-corrected chi connectivity index (χ4v) is 2.05. The van der Waals surface area contributed by atoms with Crippen LogP contribution in [-0.2, 0) is 9.59 Å². The number of likely N-dealkylation sites (tertiary alicyclic amines) is 1. The van der Waals surface area contributed by atoms with Crippen molar-refractivity contribution in [3.63, 3.8) is 0 Å². The zero-order chi connectivity index (χ0) is 11.8. The summed E-state index contributed by atoms with van der Waals surface area (Å²) in [5, 5.41) is 8.44. The molecule has 1 N–H and O–H groups in total. The molecular formula is C12H21NO3. The van der Waals surface area contributed by atoms with Crippen LogP contribution < -0.4 is 0 Å². The molecule has 0 radical (unpaired) electrons. The number of carboxylic acid groups (broad SMARTS) is 1. The number of amides is 1. The van der Waals surface area contributed by atoms with Crippen LogP contribution >= 0.6 is 0 Å². The largest absolute Gasteiger partial charge is 0.481 e. The highest BCUT2D eigenvalue weighted by molar-refractivity contribution is 5.77. The van der Waals surface area contributed by atoms with Crippen molar-refractivity contribution in [3.05, 3.63) is 0 Å². The first-order valence-electron chi connectivity index (χ1n) is 6.20. The molecule has 1 rings (SSSR count). The van der Waals surface area contributed by atoms with Crippen LogP contribution in [0.25, 0.3) is 0 Å². The molecule has 1 aliphatic rings. The summed E-state index contributed by atoms with van der Waals surface area (Å²) >= 11 is 0. The molecule has 92 valence electrons. The van der Waals surface area contributed by atoms with Gasteiger partial charge in [-0.2, -0.15) is 0 Å². The van der Waals surface area contributed by atoms with E-state index in [4.69, 9.17) is 5.11 Å². The Bertz CT molecular complexity index is 240. The van der Waals surface area contributed by atoms with E-state index in [1.807, 2.05) is 4.90 Å². The van der Waals surface area contributed by atoms with Gasteiger partial charge in [-0.05, 0) is 19.3 Å². The van der Waals surface area contributed by atoms with E-state index in [2.05, 4.69) is 0 Å². The van der Waals surface area contributed by atoms with Gasteiger partial charge in [-0.25, -0.2) is 0 Å². The van der Waals surface area contributed by atoms with Crippen molar-refractivity contribution in [1.29, 1.82) is 0 Å². The molecule has 1 heterocycles. The molecule has 0 spiro atoms. The number of hydrogen-bond donors (Lipinski definition) is 1. The average molecular weight is 227 g/mol.